The number of H-pyrrole nitrogens is 1. The number of aromatic amines is 1. The molecule has 0 unspecified atom stereocenters. The van der Waals surface area contributed by atoms with E-state index >= 15 is 0 Å². The van der Waals surface area contributed by atoms with Crippen molar-refractivity contribution in [3.63, 3.8) is 0 Å². The molecule has 110 valence electrons. The van der Waals surface area contributed by atoms with Gasteiger partial charge in [-0.05, 0) is 40.8 Å². The Kier molecular flexibility index (Phi) is 4.16. The van der Waals surface area contributed by atoms with Gasteiger partial charge in [0.2, 0.25) is 5.43 Å². The van der Waals surface area contributed by atoms with Gasteiger partial charge < -0.3 is 9.15 Å². The number of fused-ring (bicyclic) bond motifs is 2. The van der Waals surface area contributed by atoms with Crippen molar-refractivity contribution in [2.24, 2.45) is 0 Å². The second-order valence-electron chi connectivity index (χ2n) is 4.75. The van der Waals surface area contributed by atoms with Gasteiger partial charge in [-0.1, -0.05) is 6.07 Å². The van der Waals surface area contributed by atoms with Gasteiger partial charge in [-0.2, -0.15) is 0 Å². The van der Waals surface area contributed by atoms with Gasteiger partial charge in [0.25, 0.3) is 0 Å². The number of nitrogens with zero attached hydrogens (tertiary/aromatic N) is 3. The topological polar surface area (TPSA) is 93.9 Å². The van der Waals surface area contributed by atoms with E-state index in [0.29, 0.717) is 33.5 Å². The van der Waals surface area contributed by atoms with Gasteiger partial charge in [-0.3, -0.25) is 4.79 Å². The summed E-state index contributed by atoms with van der Waals surface area (Å²) >= 11 is 0. The second-order valence-corrected chi connectivity index (χ2v) is 4.75. The summed E-state index contributed by atoms with van der Waals surface area (Å²) in [4.78, 5) is 12.6. The Morgan fingerprint density at radius 1 is 1.09 bits per heavy atom. The Balaban J connectivity index is 0.00000156. The summed E-state index contributed by atoms with van der Waals surface area (Å²) in [7, 11) is 1.56. The Hall–Kier alpha value is -2.22. The number of ether oxygens (including phenoxy) is 1. The van der Waals surface area contributed by atoms with Crippen LogP contribution < -0.4 is 10.2 Å². The van der Waals surface area contributed by atoms with E-state index in [9.17, 15) is 4.79 Å². The molecule has 4 rings (SSSR count). The van der Waals surface area contributed by atoms with Gasteiger partial charge >= 0.3 is 29.6 Å². The molecule has 0 amide bonds. The summed E-state index contributed by atoms with van der Waals surface area (Å²) in [6.07, 6.45) is 0. The fraction of sp³-hybridized carbons (Fsp3) is 0.0667. The van der Waals surface area contributed by atoms with Crippen molar-refractivity contribution in [2.75, 3.05) is 7.11 Å². The number of nitrogens with one attached hydrogen (secondary N) is 1. The summed E-state index contributed by atoms with van der Waals surface area (Å²) in [5.41, 5.74) is 1.63. The van der Waals surface area contributed by atoms with Crippen molar-refractivity contribution in [2.45, 2.75) is 0 Å². The van der Waals surface area contributed by atoms with E-state index < -0.39 is 0 Å². The van der Waals surface area contributed by atoms with Gasteiger partial charge in [0.15, 0.2) is 5.82 Å². The molecule has 23 heavy (non-hydrogen) atoms. The molecule has 2 heterocycles. The predicted molar refractivity (Wildman–Crippen MR) is 86.9 cm³/mol. The average molecular weight is 318 g/mol. The van der Waals surface area contributed by atoms with Crippen LogP contribution in [0, 0.1) is 0 Å². The fourth-order valence-corrected chi connectivity index (χ4v) is 2.39. The van der Waals surface area contributed by atoms with Crippen LogP contribution in [-0.2, 0) is 0 Å². The summed E-state index contributed by atoms with van der Waals surface area (Å²) in [5, 5.41) is 14.6. The maximum atomic E-state index is 12.6. The van der Waals surface area contributed by atoms with Crippen LogP contribution in [0.3, 0.4) is 0 Å². The van der Waals surface area contributed by atoms with E-state index in [1.165, 1.54) is 0 Å². The molecule has 4 aromatic rings. The summed E-state index contributed by atoms with van der Waals surface area (Å²) in [6.45, 7) is 0. The van der Waals surface area contributed by atoms with E-state index in [0.717, 1.165) is 5.56 Å². The first kappa shape index (κ1) is 15.7. The Bertz CT molecular complexity index is 1040. The Morgan fingerprint density at radius 3 is 2.70 bits per heavy atom. The maximum absolute atomic E-state index is 12.6. The predicted octanol–water partition coefficient (Wildman–Crippen LogP) is 1.49. The number of rotatable bonds is 2. The molecular weight excluding hydrogens is 307 g/mol. The van der Waals surface area contributed by atoms with Crippen LogP contribution in [0.1, 0.15) is 0 Å². The SMILES string of the molecule is COc1ccc2oc3cc(-c4nnn[nH]4)ccc3c(=O)c2c1.[NaH]. The van der Waals surface area contributed by atoms with E-state index in [1.54, 1.807) is 43.5 Å². The number of hydrogen-bond acceptors (Lipinski definition) is 6. The van der Waals surface area contributed by atoms with Crippen LogP contribution >= 0.6 is 0 Å². The van der Waals surface area contributed by atoms with Crippen LogP contribution in [0.4, 0.5) is 0 Å². The molecule has 8 heteroatoms. The van der Waals surface area contributed by atoms with Crippen LogP contribution in [0.25, 0.3) is 33.3 Å². The first-order chi connectivity index (χ1) is 10.8. The van der Waals surface area contributed by atoms with Gasteiger partial charge in [0.05, 0.1) is 17.9 Å². The van der Waals surface area contributed by atoms with E-state index in [1.807, 2.05) is 0 Å². The zero-order valence-corrected chi connectivity index (χ0v) is 11.5. The molecular formula is C15H11N4NaO3. The normalized spacial score (nSPS) is 10.7. The first-order valence-corrected chi connectivity index (χ1v) is 6.55. The van der Waals surface area contributed by atoms with Crippen LogP contribution in [-0.4, -0.2) is 57.3 Å². The Morgan fingerprint density at radius 2 is 1.96 bits per heavy atom. The first-order valence-electron chi connectivity index (χ1n) is 6.55. The number of tetrazole rings is 1. The monoisotopic (exact) mass is 318 g/mol. The summed E-state index contributed by atoms with van der Waals surface area (Å²) < 4.78 is 11.0. The molecule has 2 aromatic carbocycles. The van der Waals surface area contributed by atoms with Crippen LogP contribution in [0.5, 0.6) is 5.75 Å². The number of aromatic nitrogens is 4. The molecule has 1 N–H and O–H groups in total. The minimum atomic E-state index is -0.0996. The molecule has 7 nitrogen and oxygen atoms in total. The van der Waals surface area contributed by atoms with Crippen molar-refractivity contribution >= 4 is 51.5 Å². The third-order valence-corrected chi connectivity index (χ3v) is 3.50. The molecule has 0 atom stereocenters. The van der Waals surface area contributed by atoms with Gasteiger partial charge in [-0.15, -0.1) is 5.10 Å². The van der Waals surface area contributed by atoms with Crippen LogP contribution in [0.15, 0.2) is 45.6 Å². The Labute approximate surface area is 151 Å². The van der Waals surface area contributed by atoms with Crippen LogP contribution in [0.2, 0.25) is 0 Å². The summed E-state index contributed by atoms with van der Waals surface area (Å²) in [5.74, 6) is 1.13. The van der Waals surface area contributed by atoms with Crippen molar-refractivity contribution < 1.29 is 9.15 Å². The fourth-order valence-electron chi connectivity index (χ4n) is 2.39. The average Bonchev–Trinajstić information content (AvgIpc) is 3.09. The minimum absolute atomic E-state index is 0. The molecule has 0 aliphatic heterocycles. The van der Waals surface area contributed by atoms with E-state index in [4.69, 9.17) is 9.15 Å². The summed E-state index contributed by atoms with van der Waals surface area (Å²) in [6, 6.07) is 10.4. The molecule has 0 saturated heterocycles. The van der Waals surface area contributed by atoms with Crippen molar-refractivity contribution in [3.8, 4) is 17.1 Å². The van der Waals surface area contributed by atoms with Gasteiger partial charge in [0.1, 0.15) is 16.9 Å². The second kappa shape index (κ2) is 6.11. The standard InChI is InChI=1S/C15H10N4O3.Na.H/c1-21-9-3-5-12-11(7-9)14(20)10-4-2-8(6-13(10)22-12)15-16-18-19-17-15;;/h2-7H,1H3,(H,16,17,18,19);;. The van der Waals surface area contributed by atoms with Crippen molar-refractivity contribution in [1.82, 2.24) is 20.6 Å². The van der Waals surface area contributed by atoms with Crippen molar-refractivity contribution in [1.29, 1.82) is 0 Å². The molecule has 0 aliphatic rings. The molecule has 0 fully saturated rings. The molecule has 0 aliphatic carbocycles. The quantitative estimate of drug-likeness (QED) is 0.444. The van der Waals surface area contributed by atoms with E-state index in [2.05, 4.69) is 20.6 Å². The zero-order valence-electron chi connectivity index (χ0n) is 11.5. The molecule has 0 saturated carbocycles. The molecule has 0 bridgehead atoms. The van der Waals surface area contributed by atoms with Gasteiger partial charge in [-0.25, -0.2) is 5.10 Å². The third-order valence-electron chi connectivity index (χ3n) is 3.50. The number of methoxy groups -OCH3 is 1. The zero-order chi connectivity index (χ0) is 15.1. The van der Waals surface area contributed by atoms with Crippen molar-refractivity contribution in [3.05, 3.63) is 46.6 Å². The molecule has 2 aromatic heterocycles. The third kappa shape index (κ3) is 2.63. The van der Waals surface area contributed by atoms with Gasteiger partial charge in [0, 0.05) is 5.56 Å². The molecule has 0 radical (unpaired) electrons. The van der Waals surface area contributed by atoms with E-state index in [-0.39, 0.29) is 35.0 Å². The number of benzene rings is 2. The molecule has 0 spiro atoms. The number of hydrogen-bond donors (Lipinski definition) is 1.